The van der Waals surface area contributed by atoms with Crippen molar-refractivity contribution in [2.75, 3.05) is 20.2 Å². The molecule has 0 amide bonds. The molecule has 14 heavy (non-hydrogen) atoms. The number of aliphatic carboxylic acids is 1. The second-order valence-electron chi connectivity index (χ2n) is 3.22. The predicted molar refractivity (Wildman–Crippen MR) is 53.6 cm³/mol. The number of hydrogen-bond acceptors (Lipinski definition) is 4. The fraction of sp³-hybridized carbons (Fsp3) is 0.667. The number of hydrogen-bond donors (Lipinski definition) is 2. The summed E-state index contributed by atoms with van der Waals surface area (Å²) < 4.78 is 5.04. The minimum Gasteiger partial charge on any atom is -0.480 e. The molecule has 3 N–H and O–H groups in total. The molecule has 0 heterocycles. The standard InChI is InChI=1S/C9H18N2O3/c1-7(14-6-9(12)13)4-5-11(3)8(2)10/h7H,2,4-6,10H2,1,3H3,(H,12,13). The van der Waals surface area contributed by atoms with E-state index in [4.69, 9.17) is 15.6 Å². The molecule has 0 aliphatic heterocycles. The van der Waals surface area contributed by atoms with E-state index in [2.05, 4.69) is 6.58 Å². The number of carbonyl (C=O) groups is 1. The smallest absolute Gasteiger partial charge is 0.329 e. The van der Waals surface area contributed by atoms with Crippen LogP contribution < -0.4 is 5.73 Å². The molecule has 1 atom stereocenters. The first-order valence-corrected chi connectivity index (χ1v) is 4.42. The van der Waals surface area contributed by atoms with Gasteiger partial charge in [-0.1, -0.05) is 6.58 Å². The highest BCUT2D eigenvalue weighted by molar-refractivity contribution is 5.68. The molecule has 0 rings (SSSR count). The van der Waals surface area contributed by atoms with E-state index in [1.54, 1.807) is 4.90 Å². The molecular formula is C9H18N2O3. The summed E-state index contributed by atoms with van der Waals surface area (Å²) in [7, 11) is 1.83. The van der Waals surface area contributed by atoms with Crippen molar-refractivity contribution < 1.29 is 14.6 Å². The van der Waals surface area contributed by atoms with Gasteiger partial charge in [0.05, 0.1) is 11.9 Å². The van der Waals surface area contributed by atoms with Gasteiger partial charge in [0, 0.05) is 13.6 Å². The lowest BCUT2D eigenvalue weighted by atomic mass is 10.3. The van der Waals surface area contributed by atoms with Gasteiger partial charge in [-0.05, 0) is 13.3 Å². The molecule has 0 aromatic carbocycles. The van der Waals surface area contributed by atoms with Crippen LogP contribution in [-0.2, 0) is 9.53 Å². The van der Waals surface area contributed by atoms with Crippen LogP contribution in [0.2, 0.25) is 0 Å². The Hall–Kier alpha value is -1.23. The summed E-state index contributed by atoms with van der Waals surface area (Å²) in [6.45, 7) is 5.85. The minimum absolute atomic E-state index is 0.0899. The van der Waals surface area contributed by atoms with Crippen molar-refractivity contribution in [2.45, 2.75) is 19.4 Å². The molecule has 0 aliphatic rings. The van der Waals surface area contributed by atoms with Crippen molar-refractivity contribution in [3.63, 3.8) is 0 Å². The zero-order valence-corrected chi connectivity index (χ0v) is 8.69. The SMILES string of the molecule is C=C(N)N(C)CCC(C)OCC(=O)O. The third kappa shape index (κ3) is 6.30. The summed E-state index contributed by atoms with van der Waals surface area (Å²) in [5, 5.41) is 8.36. The normalized spacial score (nSPS) is 12.1. The van der Waals surface area contributed by atoms with Gasteiger partial charge in [-0.15, -0.1) is 0 Å². The van der Waals surface area contributed by atoms with E-state index in [-0.39, 0.29) is 12.7 Å². The fourth-order valence-corrected chi connectivity index (χ4v) is 0.816. The van der Waals surface area contributed by atoms with E-state index in [9.17, 15) is 4.79 Å². The molecule has 0 spiro atoms. The highest BCUT2D eigenvalue weighted by Crippen LogP contribution is 2.00. The lowest BCUT2D eigenvalue weighted by Crippen LogP contribution is -2.27. The highest BCUT2D eigenvalue weighted by Gasteiger charge is 2.06. The fourth-order valence-electron chi connectivity index (χ4n) is 0.816. The Labute approximate surface area is 84.1 Å². The number of rotatable bonds is 7. The first-order valence-electron chi connectivity index (χ1n) is 4.42. The molecule has 0 aromatic rings. The van der Waals surface area contributed by atoms with Crippen LogP contribution in [0.15, 0.2) is 12.4 Å². The van der Waals surface area contributed by atoms with Crippen molar-refractivity contribution in [2.24, 2.45) is 5.73 Å². The Morgan fingerprint density at radius 3 is 2.71 bits per heavy atom. The van der Waals surface area contributed by atoms with Crippen LogP contribution in [-0.4, -0.2) is 42.3 Å². The van der Waals surface area contributed by atoms with E-state index >= 15 is 0 Å². The summed E-state index contributed by atoms with van der Waals surface area (Å²) in [5.74, 6) is -0.455. The molecule has 1 unspecified atom stereocenters. The van der Waals surface area contributed by atoms with Crippen LogP contribution in [0.1, 0.15) is 13.3 Å². The van der Waals surface area contributed by atoms with Crippen molar-refractivity contribution in [3.8, 4) is 0 Å². The maximum Gasteiger partial charge on any atom is 0.329 e. The first kappa shape index (κ1) is 12.8. The van der Waals surface area contributed by atoms with Crippen LogP contribution in [0.5, 0.6) is 0 Å². The number of nitrogens with two attached hydrogens (primary N) is 1. The average molecular weight is 202 g/mol. The number of carboxylic acids is 1. The van der Waals surface area contributed by atoms with Crippen LogP contribution in [0.25, 0.3) is 0 Å². The molecule has 0 bridgehead atoms. The molecule has 0 aromatic heterocycles. The third-order valence-corrected chi connectivity index (χ3v) is 1.85. The predicted octanol–water partition coefficient (Wildman–Crippen LogP) is 0.228. The van der Waals surface area contributed by atoms with Crippen LogP contribution in [0.4, 0.5) is 0 Å². The second-order valence-corrected chi connectivity index (χ2v) is 3.22. The van der Waals surface area contributed by atoms with E-state index in [1.165, 1.54) is 0 Å². The summed E-state index contributed by atoms with van der Waals surface area (Å²) in [6.07, 6.45) is 0.632. The van der Waals surface area contributed by atoms with Gasteiger partial charge in [-0.3, -0.25) is 0 Å². The molecule has 0 saturated heterocycles. The maximum atomic E-state index is 10.2. The second kappa shape index (κ2) is 6.26. The first-order chi connectivity index (χ1) is 6.43. The monoisotopic (exact) mass is 202 g/mol. The molecule has 0 saturated carbocycles. The lowest BCUT2D eigenvalue weighted by Gasteiger charge is -2.20. The minimum atomic E-state index is -0.951. The van der Waals surface area contributed by atoms with Gasteiger partial charge in [0.1, 0.15) is 6.61 Å². The Morgan fingerprint density at radius 1 is 1.71 bits per heavy atom. The molecular weight excluding hydrogens is 184 g/mol. The molecule has 82 valence electrons. The topological polar surface area (TPSA) is 75.8 Å². The summed E-state index contributed by atoms with van der Waals surface area (Å²) in [4.78, 5) is 12.0. The highest BCUT2D eigenvalue weighted by atomic mass is 16.5. The van der Waals surface area contributed by atoms with E-state index < -0.39 is 5.97 Å². The van der Waals surface area contributed by atoms with Gasteiger partial charge in [0.2, 0.25) is 0 Å². The molecule has 5 heteroatoms. The average Bonchev–Trinajstić information content (AvgIpc) is 2.10. The molecule has 5 nitrogen and oxygen atoms in total. The zero-order chi connectivity index (χ0) is 11.1. The number of ether oxygens (including phenoxy) is 1. The van der Waals surface area contributed by atoms with Gasteiger partial charge in [-0.25, -0.2) is 4.79 Å². The van der Waals surface area contributed by atoms with E-state index in [0.717, 1.165) is 6.42 Å². The van der Waals surface area contributed by atoms with Gasteiger partial charge in [0.25, 0.3) is 0 Å². The third-order valence-electron chi connectivity index (χ3n) is 1.85. The van der Waals surface area contributed by atoms with Gasteiger partial charge in [0.15, 0.2) is 0 Å². The molecule has 0 fully saturated rings. The van der Waals surface area contributed by atoms with Crippen molar-refractivity contribution in [3.05, 3.63) is 12.4 Å². The Balaban J connectivity index is 3.58. The Kier molecular flexibility index (Phi) is 5.71. The molecule has 0 radical (unpaired) electrons. The summed E-state index contributed by atoms with van der Waals surface area (Å²) in [5.41, 5.74) is 5.44. The quantitative estimate of drug-likeness (QED) is 0.618. The van der Waals surface area contributed by atoms with Crippen LogP contribution in [0.3, 0.4) is 0 Å². The van der Waals surface area contributed by atoms with Gasteiger partial charge < -0.3 is 20.5 Å². The van der Waals surface area contributed by atoms with Gasteiger partial charge in [-0.2, -0.15) is 0 Å². The Bertz CT molecular complexity index is 206. The van der Waals surface area contributed by atoms with Crippen molar-refractivity contribution in [1.82, 2.24) is 4.90 Å². The summed E-state index contributed by atoms with van der Waals surface area (Å²) >= 11 is 0. The summed E-state index contributed by atoms with van der Waals surface area (Å²) in [6, 6.07) is 0. The van der Waals surface area contributed by atoms with Crippen LogP contribution >= 0.6 is 0 Å². The van der Waals surface area contributed by atoms with Crippen molar-refractivity contribution in [1.29, 1.82) is 0 Å². The van der Waals surface area contributed by atoms with Crippen molar-refractivity contribution >= 4 is 5.97 Å². The zero-order valence-electron chi connectivity index (χ0n) is 8.69. The molecule has 0 aliphatic carbocycles. The lowest BCUT2D eigenvalue weighted by molar-refractivity contribution is -0.144. The number of carboxylic acid groups (broad SMARTS) is 1. The van der Waals surface area contributed by atoms with Crippen LogP contribution in [0, 0.1) is 0 Å². The van der Waals surface area contributed by atoms with E-state index in [1.807, 2.05) is 14.0 Å². The van der Waals surface area contributed by atoms with E-state index in [0.29, 0.717) is 12.4 Å². The van der Waals surface area contributed by atoms with Gasteiger partial charge >= 0.3 is 5.97 Å². The maximum absolute atomic E-state index is 10.2. The largest absolute Gasteiger partial charge is 0.480 e. The number of nitrogens with zero attached hydrogens (tertiary/aromatic N) is 1. The Morgan fingerprint density at radius 2 is 2.29 bits per heavy atom.